The number of fused-ring (bicyclic) bond motifs is 1. The number of nitrogens with two attached hydrogens (primary N) is 1. The summed E-state index contributed by atoms with van der Waals surface area (Å²) in [6.45, 7) is 0. The van der Waals surface area contributed by atoms with Crippen molar-refractivity contribution in [1.82, 2.24) is 0 Å². The summed E-state index contributed by atoms with van der Waals surface area (Å²) in [5, 5.41) is 1.15. The lowest BCUT2D eigenvalue weighted by atomic mass is 9.74. The van der Waals surface area contributed by atoms with Crippen molar-refractivity contribution in [2.75, 3.05) is 0 Å². The normalized spacial score (nSPS) is 18.6. The van der Waals surface area contributed by atoms with Crippen molar-refractivity contribution in [1.29, 1.82) is 0 Å². The molecular formula is C16H15Cl2N. The van der Waals surface area contributed by atoms with Gasteiger partial charge in [0.1, 0.15) is 0 Å². The third kappa shape index (κ3) is 2.51. The van der Waals surface area contributed by atoms with Crippen molar-refractivity contribution in [2.45, 2.75) is 24.8 Å². The van der Waals surface area contributed by atoms with Gasteiger partial charge >= 0.3 is 0 Å². The molecule has 19 heavy (non-hydrogen) atoms. The van der Waals surface area contributed by atoms with Crippen molar-refractivity contribution in [3.8, 4) is 0 Å². The standard InChI is InChI=1S/C16H15Cl2N/c17-14-6-5-11(8-15(14)18)16(19)9-12-7-10-3-1-2-4-13(10)12/h1-6,8,12,16H,7,9,19H2. The van der Waals surface area contributed by atoms with Crippen LogP contribution in [0.5, 0.6) is 0 Å². The molecule has 1 aliphatic rings. The number of rotatable bonds is 3. The fraction of sp³-hybridized carbons (Fsp3) is 0.250. The Morgan fingerprint density at radius 2 is 1.89 bits per heavy atom. The highest BCUT2D eigenvalue weighted by atomic mass is 35.5. The molecule has 0 fully saturated rings. The summed E-state index contributed by atoms with van der Waals surface area (Å²) in [4.78, 5) is 0. The maximum atomic E-state index is 6.28. The highest BCUT2D eigenvalue weighted by molar-refractivity contribution is 6.42. The summed E-state index contributed by atoms with van der Waals surface area (Å²) in [5.74, 6) is 0.570. The fourth-order valence-corrected chi connectivity index (χ4v) is 3.07. The van der Waals surface area contributed by atoms with Gasteiger partial charge in [0.05, 0.1) is 10.0 Å². The molecule has 0 bridgehead atoms. The smallest absolute Gasteiger partial charge is 0.0595 e. The molecular weight excluding hydrogens is 277 g/mol. The van der Waals surface area contributed by atoms with E-state index in [1.54, 1.807) is 0 Å². The zero-order chi connectivity index (χ0) is 13.4. The molecule has 2 unspecified atom stereocenters. The van der Waals surface area contributed by atoms with E-state index in [1.165, 1.54) is 11.1 Å². The lowest BCUT2D eigenvalue weighted by Crippen LogP contribution is -2.22. The van der Waals surface area contributed by atoms with Gasteiger partial charge in [0.25, 0.3) is 0 Å². The minimum absolute atomic E-state index is 0.00752. The van der Waals surface area contributed by atoms with E-state index in [2.05, 4.69) is 24.3 Å². The largest absolute Gasteiger partial charge is 0.324 e. The second-order valence-electron chi connectivity index (χ2n) is 5.12. The third-order valence-electron chi connectivity index (χ3n) is 3.87. The van der Waals surface area contributed by atoms with Gasteiger partial charge in [0, 0.05) is 6.04 Å². The Morgan fingerprint density at radius 3 is 2.63 bits per heavy atom. The highest BCUT2D eigenvalue weighted by Crippen LogP contribution is 2.40. The lowest BCUT2D eigenvalue weighted by Gasteiger charge is -2.32. The van der Waals surface area contributed by atoms with Gasteiger partial charge in [-0.15, -0.1) is 0 Å². The van der Waals surface area contributed by atoms with E-state index in [0.717, 1.165) is 18.4 Å². The minimum Gasteiger partial charge on any atom is -0.324 e. The zero-order valence-corrected chi connectivity index (χ0v) is 12.0. The van der Waals surface area contributed by atoms with Crippen LogP contribution >= 0.6 is 23.2 Å². The maximum absolute atomic E-state index is 6.28. The second-order valence-corrected chi connectivity index (χ2v) is 5.93. The Hall–Kier alpha value is -1.02. The van der Waals surface area contributed by atoms with Gasteiger partial charge < -0.3 is 5.73 Å². The Bertz CT molecular complexity index is 609. The van der Waals surface area contributed by atoms with Crippen LogP contribution < -0.4 is 5.73 Å². The number of hydrogen-bond acceptors (Lipinski definition) is 1. The zero-order valence-electron chi connectivity index (χ0n) is 10.4. The Balaban J connectivity index is 1.73. The molecule has 0 spiro atoms. The van der Waals surface area contributed by atoms with Gasteiger partial charge in [0.15, 0.2) is 0 Å². The third-order valence-corrected chi connectivity index (χ3v) is 4.61. The van der Waals surface area contributed by atoms with Crippen molar-refractivity contribution >= 4 is 23.2 Å². The van der Waals surface area contributed by atoms with Crippen LogP contribution in [-0.4, -0.2) is 0 Å². The van der Waals surface area contributed by atoms with Crippen LogP contribution in [0.4, 0.5) is 0 Å². The van der Waals surface area contributed by atoms with E-state index < -0.39 is 0 Å². The van der Waals surface area contributed by atoms with Crippen LogP contribution in [0.2, 0.25) is 10.0 Å². The molecule has 0 heterocycles. The van der Waals surface area contributed by atoms with E-state index in [-0.39, 0.29) is 6.04 Å². The van der Waals surface area contributed by atoms with Gasteiger partial charge in [0.2, 0.25) is 0 Å². The number of halogens is 2. The first-order valence-electron chi connectivity index (χ1n) is 6.43. The van der Waals surface area contributed by atoms with Gasteiger partial charge in [-0.25, -0.2) is 0 Å². The first kappa shape index (κ1) is 13.0. The number of hydrogen-bond donors (Lipinski definition) is 1. The topological polar surface area (TPSA) is 26.0 Å². The van der Waals surface area contributed by atoms with Crippen molar-refractivity contribution < 1.29 is 0 Å². The highest BCUT2D eigenvalue weighted by Gasteiger charge is 2.27. The van der Waals surface area contributed by atoms with Gasteiger partial charge in [-0.05, 0) is 47.6 Å². The van der Waals surface area contributed by atoms with Crippen LogP contribution in [-0.2, 0) is 6.42 Å². The van der Waals surface area contributed by atoms with Gasteiger partial charge in [-0.1, -0.05) is 53.5 Å². The van der Waals surface area contributed by atoms with E-state index >= 15 is 0 Å². The molecule has 98 valence electrons. The SMILES string of the molecule is NC(CC1Cc2ccccc21)c1ccc(Cl)c(Cl)c1. The molecule has 2 N–H and O–H groups in total. The van der Waals surface area contributed by atoms with Crippen molar-refractivity contribution in [2.24, 2.45) is 5.73 Å². The van der Waals surface area contributed by atoms with E-state index in [9.17, 15) is 0 Å². The van der Waals surface area contributed by atoms with E-state index in [0.29, 0.717) is 16.0 Å². The Morgan fingerprint density at radius 1 is 1.11 bits per heavy atom. The molecule has 0 saturated carbocycles. The predicted molar refractivity (Wildman–Crippen MR) is 80.9 cm³/mol. The van der Waals surface area contributed by atoms with E-state index in [1.807, 2.05) is 18.2 Å². The molecule has 1 aliphatic carbocycles. The van der Waals surface area contributed by atoms with Crippen LogP contribution in [0, 0.1) is 0 Å². The van der Waals surface area contributed by atoms with Crippen LogP contribution in [0.1, 0.15) is 35.1 Å². The summed E-state index contributed by atoms with van der Waals surface area (Å²) in [6.07, 6.45) is 2.08. The molecule has 0 aromatic heterocycles. The summed E-state index contributed by atoms with van der Waals surface area (Å²) in [7, 11) is 0. The molecule has 0 saturated heterocycles. The fourth-order valence-electron chi connectivity index (χ4n) is 2.76. The molecule has 2 aromatic carbocycles. The second kappa shape index (κ2) is 5.16. The van der Waals surface area contributed by atoms with Crippen molar-refractivity contribution in [3.05, 3.63) is 69.2 Å². The summed E-state index contributed by atoms with van der Waals surface area (Å²) in [5.41, 5.74) is 10.2. The summed E-state index contributed by atoms with van der Waals surface area (Å²) in [6, 6.07) is 14.2. The average molecular weight is 292 g/mol. The molecule has 3 rings (SSSR count). The summed E-state index contributed by atoms with van der Waals surface area (Å²) >= 11 is 12.0. The Labute approximate surface area is 123 Å². The predicted octanol–water partition coefficient (Wildman–Crippen LogP) is 4.72. The lowest BCUT2D eigenvalue weighted by molar-refractivity contribution is 0.498. The first-order chi connectivity index (χ1) is 9.15. The number of benzene rings is 2. The van der Waals surface area contributed by atoms with E-state index in [4.69, 9.17) is 28.9 Å². The maximum Gasteiger partial charge on any atom is 0.0595 e. The molecule has 2 aromatic rings. The van der Waals surface area contributed by atoms with Crippen LogP contribution in [0.3, 0.4) is 0 Å². The van der Waals surface area contributed by atoms with Crippen LogP contribution in [0.15, 0.2) is 42.5 Å². The molecule has 0 radical (unpaired) electrons. The molecule has 3 heteroatoms. The van der Waals surface area contributed by atoms with Gasteiger partial charge in [-0.2, -0.15) is 0 Å². The van der Waals surface area contributed by atoms with Gasteiger partial charge in [-0.3, -0.25) is 0 Å². The molecule has 1 nitrogen and oxygen atoms in total. The van der Waals surface area contributed by atoms with Crippen LogP contribution in [0.25, 0.3) is 0 Å². The molecule has 0 amide bonds. The Kier molecular flexibility index (Phi) is 3.53. The quantitative estimate of drug-likeness (QED) is 0.870. The summed E-state index contributed by atoms with van der Waals surface area (Å²) < 4.78 is 0. The minimum atomic E-state index is 0.00752. The van der Waals surface area contributed by atoms with Crippen molar-refractivity contribution in [3.63, 3.8) is 0 Å². The molecule has 2 atom stereocenters. The average Bonchev–Trinajstić information content (AvgIpc) is 2.39. The monoisotopic (exact) mass is 291 g/mol. The first-order valence-corrected chi connectivity index (χ1v) is 7.19. The molecule has 0 aliphatic heterocycles.